The lowest BCUT2D eigenvalue weighted by Gasteiger charge is -2.45. The molecule has 3 aliphatic heterocycles. The number of nitrogens with two attached hydrogens (primary N) is 1. The van der Waals surface area contributed by atoms with Crippen molar-refractivity contribution in [3.05, 3.63) is 33.4 Å². The number of nitrogens with one attached hydrogen (secondary N) is 1. The summed E-state index contributed by atoms with van der Waals surface area (Å²) in [5.41, 5.74) is 9.24. The molecule has 3 aromatic rings. The van der Waals surface area contributed by atoms with Gasteiger partial charge in [-0.15, -0.1) is 11.3 Å². The quantitative estimate of drug-likeness (QED) is 0.422. The SMILES string of the molecule is C[C@H](Oc1cc(N2CCNC[C@@]23CCOC3)nc(-c2noc3c2CCC[C@@]32CCCc3sc(N)c(C#N)c32)n1)[C@@H]1CCCN1C. The molecule has 11 nitrogen and oxygen atoms in total. The summed E-state index contributed by atoms with van der Waals surface area (Å²) in [4.78, 5) is 16.2. The van der Waals surface area contributed by atoms with Crippen LogP contribution in [0.1, 0.15) is 79.2 Å². The molecule has 0 bridgehead atoms. The summed E-state index contributed by atoms with van der Waals surface area (Å²) in [5, 5.41) is 19.0. The molecule has 2 aliphatic carbocycles. The van der Waals surface area contributed by atoms with Crippen LogP contribution in [0.25, 0.3) is 11.5 Å². The van der Waals surface area contributed by atoms with E-state index in [9.17, 15) is 5.26 Å². The summed E-state index contributed by atoms with van der Waals surface area (Å²) in [6, 6.07) is 4.77. The van der Waals surface area contributed by atoms with E-state index in [1.165, 1.54) is 11.3 Å². The monoisotopic (exact) mass is 630 g/mol. The largest absolute Gasteiger partial charge is 0.473 e. The second-order valence-electron chi connectivity index (χ2n) is 13.6. The molecule has 2 spiro atoms. The smallest absolute Gasteiger partial charge is 0.219 e. The van der Waals surface area contributed by atoms with Crippen molar-refractivity contribution in [2.75, 3.05) is 57.1 Å². The molecule has 0 radical (unpaired) electrons. The number of rotatable bonds is 5. The Morgan fingerprint density at radius 2 is 2.07 bits per heavy atom. The van der Waals surface area contributed by atoms with E-state index in [1.807, 2.05) is 6.07 Å². The number of fused-ring (bicyclic) bond motifs is 4. The minimum absolute atomic E-state index is 0.0245. The van der Waals surface area contributed by atoms with Crippen LogP contribution >= 0.6 is 11.3 Å². The van der Waals surface area contributed by atoms with Crippen LogP contribution < -0.4 is 20.7 Å². The second-order valence-corrected chi connectivity index (χ2v) is 14.8. The van der Waals surface area contributed by atoms with Crippen LogP contribution in [0.15, 0.2) is 10.6 Å². The number of piperazine rings is 1. The Morgan fingerprint density at radius 1 is 1.20 bits per heavy atom. The van der Waals surface area contributed by atoms with Gasteiger partial charge in [-0.05, 0) is 83.9 Å². The van der Waals surface area contributed by atoms with E-state index in [4.69, 9.17) is 34.9 Å². The van der Waals surface area contributed by atoms with Crippen LogP contribution in [-0.2, 0) is 23.0 Å². The Balaban J connectivity index is 1.23. The highest BCUT2D eigenvalue weighted by atomic mass is 32.1. The molecule has 6 heterocycles. The molecule has 5 aliphatic rings. The van der Waals surface area contributed by atoms with Crippen molar-refractivity contribution in [3.8, 4) is 23.5 Å². The van der Waals surface area contributed by atoms with E-state index in [1.54, 1.807) is 11.3 Å². The van der Waals surface area contributed by atoms with Crippen LogP contribution in [0.3, 0.4) is 0 Å². The van der Waals surface area contributed by atoms with Gasteiger partial charge in [0, 0.05) is 48.8 Å². The summed E-state index contributed by atoms with van der Waals surface area (Å²) in [7, 11) is 2.17. The third kappa shape index (κ3) is 4.65. The summed E-state index contributed by atoms with van der Waals surface area (Å²) >= 11 is 1.56. The Hall–Kier alpha value is -3.24. The topological polar surface area (TPSA) is 139 Å². The minimum atomic E-state index is -0.395. The Kier molecular flexibility index (Phi) is 7.28. The molecule has 0 unspecified atom stereocenters. The number of aromatic nitrogens is 3. The summed E-state index contributed by atoms with van der Waals surface area (Å²) < 4.78 is 18.9. The van der Waals surface area contributed by atoms with Gasteiger partial charge in [0.05, 0.1) is 23.1 Å². The van der Waals surface area contributed by atoms with E-state index in [2.05, 4.69) is 35.2 Å². The fourth-order valence-electron chi connectivity index (χ4n) is 8.88. The maximum absolute atomic E-state index is 10.1. The van der Waals surface area contributed by atoms with Crippen molar-refractivity contribution in [2.24, 2.45) is 0 Å². The van der Waals surface area contributed by atoms with Crippen LogP contribution in [-0.4, -0.2) is 84.1 Å². The number of hydrogen-bond acceptors (Lipinski definition) is 12. The van der Waals surface area contributed by atoms with E-state index < -0.39 is 5.41 Å². The highest BCUT2D eigenvalue weighted by Gasteiger charge is 2.49. The zero-order chi connectivity index (χ0) is 30.8. The molecule has 3 saturated heterocycles. The number of likely N-dealkylation sites (N-methyl/N-ethyl adjacent to an activating group) is 1. The highest BCUT2D eigenvalue weighted by molar-refractivity contribution is 7.16. The highest BCUT2D eigenvalue weighted by Crippen LogP contribution is 2.55. The van der Waals surface area contributed by atoms with Crippen molar-refractivity contribution < 1.29 is 14.0 Å². The summed E-state index contributed by atoms with van der Waals surface area (Å²) in [6.45, 7) is 7.17. The number of anilines is 2. The van der Waals surface area contributed by atoms with Gasteiger partial charge in [0.1, 0.15) is 23.0 Å². The lowest BCUT2D eigenvalue weighted by atomic mass is 9.63. The van der Waals surface area contributed by atoms with Crippen LogP contribution in [0.5, 0.6) is 5.88 Å². The van der Waals surface area contributed by atoms with Gasteiger partial charge in [0.2, 0.25) is 5.88 Å². The van der Waals surface area contributed by atoms with Crippen LogP contribution in [0.2, 0.25) is 0 Å². The zero-order valence-electron chi connectivity index (χ0n) is 26.2. The van der Waals surface area contributed by atoms with E-state index in [-0.39, 0.29) is 11.6 Å². The Morgan fingerprint density at radius 3 is 2.84 bits per heavy atom. The van der Waals surface area contributed by atoms with Crippen molar-refractivity contribution in [1.29, 1.82) is 5.26 Å². The molecule has 238 valence electrons. The molecular weight excluding hydrogens is 588 g/mol. The first-order chi connectivity index (χ1) is 21.9. The number of aryl methyl sites for hydroxylation is 1. The minimum Gasteiger partial charge on any atom is -0.473 e. The molecule has 8 rings (SSSR count). The fourth-order valence-corrected chi connectivity index (χ4v) is 10.0. The van der Waals surface area contributed by atoms with Gasteiger partial charge in [-0.2, -0.15) is 10.2 Å². The maximum atomic E-state index is 10.1. The van der Waals surface area contributed by atoms with Crippen molar-refractivity contribution in [2.45, 2.75) is 87.8 Å². The van der Waals surface area contributed by atoms with Gasteiger partial charge in [-0.25, -0.2) is 4.98 Å². The standard InChI is InChI=1S/C33H42N8O3S/c1-20(23-7-5-13-40(23)2)43-26-16-25(41-14-12-36-18-32(41)11-15-42-19-32)37-31(38-26)28-21-6-3-9-33(29(21)44-39-28)10-4-8-24-27(33)22(17-34)30(35)45-24/h16,20,23,36H,3-15,18-19,35H2,1-2H3/t20-,23-,32+,33-/m0/s1. The van der Waals surface area contributed by atoms with Crippen molar-refractivity contribution >= 4 is 22.2 Å². The van der Waals surface area contributed by atoms with Gasteiger partial charge >= 0.3 is 0 Å². The molecule has 12 heteroatoms. The predicted octanol–water partition coefficient (Wildman–Crippen LogP) is 4.04. The Bertz CT molecular complexity index is 1640. The van der Waals surface area contributed by atoms with Gasteiger partial charge in [0.15, 0.2) is 17.3 Å². The number of thiophene rings is 1. The van der Waals surface area contributed by atoms with Crippen LogP contribution in [0, 0.1) is 11.3 Å². The number of likely N-dealkylation sites (tertiary alicyclic amines) is 1. The number of ether oxygens (including phenoxy) is 2. The molecule has 3 N–H and O–H groups in total. The first-order valence-corrected chi connectivity index (χ1v) is 17.4. The average molecular weight is 631 g/mol. The predicted molar refractivity (Wildman–Crippen MR) is 172 cm³/mol. The molecule has 3 aromatic heterocycles. The first-order valence-electron chi connectivity index (χ1n) is 16.6. The molecule has 45 heavy (non-hydrogen) atoms. The average Bonchev–Trinajstić information content (AvgIpc) is 3.84. The first kappa shape index (κ1) is 29.2. The van der Waals surface area contributed by atoms with E-state index in [0.717, 1.165) is 107 Å². The fraction of sp³-hybridized carbons (Fsp3) is 0.636. The third-order valence-electron chi connectivity index (χ3n) is 11.1. The molecule has 4 atom stereocenters. The van der Waals surface area contributed by atoms with Crippen molar-refractivity contribution in [1.82, 2.24) is 25.3 Å². The zero-order valence-corrected chi connectivity index (χ0v) is 27.0. The lowest BCUT2D eigenvalue weighted by molar-refractivity contribution is 0.117. The molecular formula is C33H42N8O3S. The lowest BCUT2D eigenvalue weighted by Crippen LogP contribution is -2.62. The van der Waals surface area contributed by atoms with E-state index >= 15 is 0 Å². The van der Waals surface area contributed by atoms with Crippen LogP contribution in [0.4, 0.5) is 10.8 Å². The van der Waals surface area contributed by atoms with Gasteiger partial charge in [-0.3, -0.25) is 4.90 Å². The molecule has 0 saturated carbocycles. The number of nitrogens with zero attached hydrogens (tertiary/aromatic N) is 6. The summed E-state index contributed by atoms with van der Waals surface area (Å²) in [6.07, 6.45) is 8.79. The molecule has 3 fully saturated rings. The van der Waals surface area contributed by atoms with Gasteiger partial charge in [-0.1, -0.05) is 5.16 Å². The summed E-state index contributed by atoms with van der Waals surface area (Å²) in [5.74, 6) is 2.80. The molecule has 0 aromatic carbocycles. The third-order valence-corrected chi connectivity index (χ3v) is 12.2. The van der Waals surface area contributed by atoms with Gasteiger partial charge < -0.3 is 29.9 Å². The maximum Gasteiger partial charge on any atom is 0.219 e. The second kappa shape index (κ2) is 11.2. The number of nitrogen functional groups attached to an aromatic ring is 1. The van der Waals surface area contributed by atoms with Crippen molar-refractivity contribution in [3.63, 3.8) is 0 Å². The normalized spacial score (nSPS) is 28.7. The van der Waals surface area contributed by atoms with E-state index in [0.29, 0.717) is 40.6 Å². The molecule has 0 amide bonds. The Labute approximate surface area is 268 Å². The van der Waals surface area contributed by atoms with Gasteiger partial charge in [0.25, 0.3) is 0 Å². The number of hydrogen-bond donors (Lipinski definition) is 2. The number of nitriles is 1.